The van der Waals surface area contributed by atoms with Crippen LogP contribution >= 0.6 is 0 Å². The van der Waals surface area contributed by atoms with Crippen LogP contribution in [0.15, 0.2) is 103 Å². The maximum atomic E-state index is 13.5. The number of carbonyl (C=O) groups excluding carboxylic acids is 1. The zero-order valence-corrected chi connectivity index (χ0v) is 32.8. The molecular formula is C46H59NO6. The Kier molecular flexibility index (Phi) is 14.5. The predicted octanol–water partition coefficient (Wildman–Crippen LogP) is 10.4. The molecule has 0 aromatic heterocycles. The van der Waals surface area contributed by atoms with E-state index in [1.54, 1.807) is 4.90 Å². The van der Waals surface area contributed by atoms with Crippen LogP contribution in [0.3, 0.4) is 0 Å². The fourth-order valence-electron chi connectivity index (χ4n) is 6.50. The van der Waals surface area contributed by atoms with Crippen LogP contribution in [0.5, 0.6) is 5.75 Å². The fourth-order valence-corrected chi connectivity index (χ4v) is 6.50. The normalized spacial score (nSPS) is 17.7. The highest BCUT2D eigenvalue weighted by Gasteiger charge is 2.42. The summed E-state index contributed by atoms with van der Waals surface area (Å²) in [4.78, 5) is 15.3. The van der Waals surface area contributed by atoms with Gasteiger partial charge in [-0.05, 0) is 78.1 Å². The van der Waals surface area contributed by atoms with E-state index in [0.717, 1.165) is 28.9 Å². The summed E-state index contributed by atoms with van der Waals surface area (Å²) in [6.07, 6.45) is -0.261. The minimum atomic E-state index is -0.624. The maximum Gasteiger partial charge on any atom is 0.410 e. The standard InChI is InChI=1S/C46H59NO6/c1-33(2)38-18-14-36(15-19-38)31-51-42-28-47(45(48)53-46(5,6)7)29-43(52-32-37-16-20-39(21-17-37)34(3)4)44(42)40-22-24-41(25-23-40)50-27-11-26-49-30-35-12-9-8-10-13-35/h8-10,12-25,33-34,42-44H,11,26-32H2,1-7H3/t42-,43+,44?. The number of likely N-dealkylation sites (tertiary alicyclic amines) is 1. The van der Waals surface area contributed by atoms with Crippen molar-refractivity contribution in [1.82, 2.24) is 4.90 Å². The Balaban J connectivity index is 1.33. The van der Waals surface area contributed by atoms with Gasteiger partial charge in [-0.2, -0.15) is 0 Å². The van der Waals surface area contributed by atoms with Crippen LogP contribution in [0.25, 0.3) is 0 Å². The molecule has 1 aliphatic heterocycles. The van der Waals surface area contributed by atoms with Crippen molar-refractivity contribution in [3.8, 4) is 5.75 Å². The highest BCUT2D eigenvalue weighted by atomic mass is 16.6. The Hall–Kier alpha value is -4.17. The number of nitrogens with zero attached hydrogens (tertiary/aromatic N) is 1. The van der Waals surface area contributed by atoms with E-state index >= 15 is 0 Å². The summed E-state index contributed by atoms with van der Waals surface area (Å²) in [7, 11) is 0. The molecule has 0 spiro atoms. The van der Waals surface area contributed by atoms with Gasteiger partial charge in [-0.15, -0.1) is 0 Å². The van der Waals surface area contributed by atoms with Gasteiger partial charge in [0.05, 0.1) is 58.3 Å². The van der Waals surface area contributed by atoms with E-state index < -0.39 is 5.60 Å². The summed E-state index contributed by atoms with van der Waals surface area (Å²) >= 11 is 0. The van der Waals surface area contributed by atoms with Crippen LogP contribution in [0, 0.1) is 0 Å². The minimum Gasteiger partial charge on any atom is -0.494 e. The minimum absolute atomic E-state index is 0.140. The highest BCUT2D eigenvalue weighted by molar-refractivity contribution is 5.68. The van der Waals surface area contributed by atoms with Gasteiger partial charge in [-0.3, -0.25) is 0 Å². The van der Waals surface area contributed by atoms with Crippen molar-refractivity contribution in [3.05, 3.63) is 137 Å². The highest BCUT2D eigenvalue weighted by Crippen LogP contribution is 2.35. The van der Waals surface area contributed by atoms with Crippen LogP contribution in [0.4, 0.5) is 4.79 Å². The van der Waals surface area contributed by atoms with E-state index in [0.29, 0.717) is 58.0 Å². The number of carbonyl (C=O) groups is 1. The van der Waals surface area contributed by atoms with Gasteiger partial charge < -0.3 is 28.6 Å². The molecule has 0 N–H and O–H groups in total. The molecule has 1 heterocycles. The second-order valence-corrected chi connectivity index (χ2v) is 15.7. The molecule has 4 aromatic carbocycles. The zero-order chi connectivity index (χ0) is 37.8. The molecule has 284 valence electrons. The van der Waals surface area contributed by atoms with Gasteiger partial charge in [0, 0.05) is 12.3 Å². The molecule has 0 aliphatic carbocycles. The van der Waals surface area contributed by atoms with Crippen molar-refractivity contribution in [3.63, 3.8) is 0 Å². The molecule has 53 heavy (non-hydrogen) atoms. The summed E-state index contributed by atoms with van der Waals surface area (Å²) in [6.45, 7) is 17.8. The Labute approximate surface area is 317 Å². The number of hydrogen-bond donors (Lipinski definition) is 0. The molecule has 7 heteroatoms. The number of benzene rings is 4. The van der Waals surface area contributed by atoms with Crippen LogP contribution in [0.2, 0.25) is 0 Å². The van der Waals surface area contributed by atoms with Crippen LogP contribution < -0.4 is 4.74 Å². The van der Waals surface area contributed by atoms with Crippen molar-refractivity contribution < 1.29 is 28.5 Å². The summed E-state index contributed by atoms with van der Waals surface area (Å²) in [5.41, 5.74) is 6.37. The molecule has 0 bridgehead atoms. The smallest absolute Gasteiger partial charge is 0.410 e. The maximum absolute atomic E-state index is 13.5. The Bertz CT molecular complexity index is 1600. The monoisotopic (exact) mass is 721 g/mol. The third-order valence-corrected chi connectivity index (χ3v) is 9.55. The fraction of sp³-hybridized carbons (Fsp3) is 0.457. The third-order valence-electron chi connectivity index (χ3n) is 9.55. The van der Waals surface area contributed by atoms with E-state index in [4.69, 9.17) is 23.7 Å². The van der Waals surface area contributed by atoms with Crippen LogP contribution in [0.1, 0.15) is 106 Å². The van der Waals surface area contributed by atoms with E-state index in [1.807, 2.05) is 51.1 Å². The lowest BCUT2D eigenvalue weighted by molar-refractivity contribution is -0.100. The second kappa shape index (κ2) is 19.2. The molecule has 5 rings (SSSR count). The molecular weight excluding hydrogens is 663 g/mol. The predicted molar refractivity (Wildman–Crippen MR) is 211 cm³/mol. The number of ether oxygens (including phenoxy) is 5. The molecule has 1 aliphatic rings. The lowest BCUT2D eigenvalue weighted by Gasteiger charge is -2.43. The zero-order valence-electron chi connectivity index (χ0n) is 32.8. The molecule has 1 fully saturated rings. The first-order chi connectivity index (χ1) is 25.4. The first-order valence-corrected chi connectivity index (χ1v) is 19.2. The van der Waals surface area contributed by atoms with Gasteiger partial charge in [0.1, 0.15) is 11.4 Å². The van der Waals surface area contributed by atoms with Crippen molar-refractivity contribution in [1.29, 1.82) is 0 Å². The summed E-state index contributed by atoms with van der Waals surface area (Å²) < 4.78 is 31.3. The Morgan fingerprint density at radius 3 is 1.66 bits per heavy atom. The molecule has 0 saturated carbocycles. The topological polar surface area (TPSA) is 66.5 Å². The van der Waals surface area contributed by atoms with Crippen molar-refractivity contribution >= 4 is 6.09 Å². The molecule has 1 amide bonds. The molecule has 4 aromatic rings. The Morgan fingerprint density at radius 2 is 1.17 bits per heavy atom. The largest absolute Gasteiger partial charge is 0.494 e. The van der Waals surface area contributed by atoms with Crippen LogP contribution in [-0.4, -0.2) is 55.1 Å². The van der Waals surface area contributed by atoms with Crippen LogP contribution in [-0.2, 0) is 38.8 Å². The average Bonchev–Trinajstić information content (AvgIpc) is 3.14. The first-order valence-electron chi connectivity index (χ1n) is 19.2. The van der Waals surface area contributed by atoms with Gasteiger partial charge in [0.25, 0.3) is 0 Å². The van der Waals surface area contributed by atoms with Crippen molar-refractivity contribution in [2.45, 2.75) is 110 Å². The second-order valence-electron chi connectivity index (χ2n) is 15.7. The molecule has 0 radical (unpaired) electrons. The lowest BCUT2D eigenvalue weighted by atomic mass is 9.84. The van der Waals surface area contributed by atoms with Crippen molar-refractivity contribution in [2.24, 2.45) is 0 Å². The molecule has 3 atom stereocenters. The number of amides is 1. The quantitative estimate of drug-likeness (QED) is 0.107. The summed E-state index contributed by atoms with van der Waals surface area (Å²) in [5, 5.41) is 0. The van der Waals surface area contributed by atoms with E-state index in [9.17, 15) is 4.79 Å². The van der Waals surface area contributed by atoms with E-state index in [2.05, 4.69) is 100 Å². The third kappa shape index (κ3) is 12.4. The van der Waals surface area contributed by atoms with Gasteiger partial charge in [-0.25, -0.2) is 4.79 Å². The van der Waals surface area contributed by atoms with Gasteiger partial charge in [0.15, 0.2) is 0 Å². The van der Waals surface area contributed by atoms with Gasteiger partial charge in [-0.1, -0.05) is 119 Å². The molecule has 1 unspecified atom stereocenters. The van der Waals surface area contributed by atoms with Crippen molar-refractivity contribution in [2.75, 3.05) is 26.3 Å². The lowest BCUT2D eigenvalue weighted by Crippen LogP contribution is -2.55. The van der Waals surface area contributed by atoms with E-state index in [1.165, 1.54) is 16.7 Å². The Morgan fingerprint density at radius 1 is 0.660 bits per heavy atom. The first kappa shape index (κ1) is 40.0. The average molecular weight is 722 g/mol. The molecule has 1 saturated heterocycles. The number of rotatable bonds is 16. The number of piperidine rings is 1. The number of hydrogen-bond acceptors (Lipinski definition) is 6. The van der Waals surface area contributed by atoms with Gasteiger partial charge in [0.2, 0.25) is 0 Å². The summed E-state index contributed by atoms with van der Waals surface area (Å²) in [6, 6.07) is 35.6. The summed E-state index contributed by atoms with van der Waals surface area (Å²) in [5.74, 6) is 1.57. The SMILES string of the molecule is CC(C)c1ccc(CO[C@H]2CN(C(=O)OC(C)(C)C)C[C@@H](OCc3ccc(C(C)C)cc3)C2c2ccc(OCCCOCc3ccccc3)cc2)cc1. The molecule has 7 nitrogen and oxygen atoms in total. The van der Waals surface area contributed by atoms with E-state index in [-0.39, 0.29) is 24.2 Å². The van der Waals surface area contributed by atoms with Gasteiger partial charge >= 0.3 is 6.09 Å².